The van der Waals surface area contributed by atoms with Gasteiger partial charge in [-0.1, -0.05) is 11.6 Å². The topological polar surface area (TPSA) is 43.7 Å². The van der Waals surface area contributed by atoms with Gasteiger partial charge in [0.15, 0.2) is 11.5 Å². The van der Waals surface area contributed by atoms with Gasteiger partial charge in [0.1, 0.15) is 6.54 Å². The van der Waals surface area contributed by atoms with Gasteiger partial charge < -0.3 is 18.9 Å². The third kappa shape index (κ3) is 3.35. The minimum Gasteiger partial charge on any atom is -0.493 e. The molecule has 1 aliphatic rings. The van der Waals surface area contributed by atoms with Gasteiger partial charge in [0.2, 0.25) is 5.91 Å². The Balaban J connectivity index is 1.53. The lowest BCUT2D eigenvalue weighted by Gasteiger charge is -2.30. The molecule has 3 aromatic rings. The van der Waals surface area contributed by atoms with Gasteiger partial charge in [-0.05, 0) is 53.9 Å². The van der Waals surface area contributed by atoms with Crippen LogP contribution in [0, 0.1) is 0 Å². The molecule has 0 fully saturated rings. The van der Waals surface area contributed by atoms with E-state index in [2.05, 4.69) is 0 Å². The van der Waals surface area contributed by atoms with Crippen LogP contribution in [0.1, 0.15) is 11.1 Å². The van der Waals surface area contributed by atoms with Gasteiger partial charge in [-0.2, -0.15) is 0 Å². The Morgan fingerprint density at radius 3 is 2.56 bits per heavy atom. The summed E-state index contributed by atoms with van der Waals surface area (Å²) in [5, 5.41) is 1.74. The van der Waals surface area contributed by atoms with Gasteiger partial charge in [-0.3, -0.25) is 4.79 Å². The molecule has 0 N–H and O–H groups in total. The van der Waals surface area contributed by atoms with E-state index in [-0.39, 0.29) is 5.91 Å². The van der Waals surface area contributed by atoms with Crippen LogP contribution in [0.3, 0.4) is 0 Å². The van der Waals surface area contributed by atoms with Crippen LogP contribution in [0.5, 0.6) is 11.5 Å². The quantitative estimate of drug-likeness (QED) is 0.685. The maximum absolute atomic E-state index is 12.9. The van der Waals surface area contributed by atoms with Crippen LogP contribution in [0.2, 0.25) is 5.02 Å². The van der Waals surface area contributed by atoms with E-state index in [4.69, 9.17) is 21.1 Å². The summed E-state index contributed by atoms with van der Waals surface area (Å²) in [5.41, 5.74) is 3.32. The fourth-order valence-electron chi connectivity index (χ4n) is 3.65. The third-order valence-electron chi connectivity index (χ3n) is 5.11. The highest BCUT2D eigenvalue weighted by molar-refractivity contribution is 6.31. The summed E-state index contributed by atoms with van der Waals surface area (Å²) in [6, 6.07) is 11.7. The van der Waals surface area contributed by atoms with Crippen molar-refractivity contribution in [3.8, 4) is 11.5 Å². The monoisotopic (exact) mass is 384 g/mol. The number of hydrogen-bond donors (Lipinski definition) is 0. The number of carbonyl (C=O) groups is 1. The second-order valence-electron chi connectivity index (χ2n) is 6.69. The Bertz CT molecular complexity index is 1010. The van der Waals surface area contributed by atoms with E-state index in [1.807, 2.05) is 52.1 Å². The number of rotatable bonds is 4. The molecule has 0 saturated carbocycles. The highest BCUT2D eigenvalue weighted by Crippen LogP contribution is 2.33. The first-order chi connectivity index (χ1) is 13.1. The molecule has 0 unspecified atom stereocenters. The standard InChI is InChI=1S/C21H21ClN2O3/c1-26-19-10-14-5-8-24(12-16(14)11-20(19)27-2)21(25)13-23-7-6-15-9-17(22)3-4-18(15)23/h3-4,6-7,9-11H,5,8,12-13H2,1-2H3. The van der Waals surface area contributed by atoms with Crippen LogP contribution >= 0.6 is 11.6 Å². The largest absolute Gasteiger partial charge is 0.493 e. The average molecular weight is 385 g/mol. The molecule has 1 amide bonds. The van der Waals surface area contributed by atoms with E-state index < -0.39 is 0 Å². The van der Waals surface area contributed by atoms with Crippen molar-refractivity contribution in [2.24, 2.45) is 0 Å². The van der Waals surface area contributed by atoms with Crippen molar-refractivity contribution < 1.29 is 14.3 Å². The fraction of sp³-hybridized carbons (Fsp3) is 0.286. The van der Waals surface area contributed by atoms with Crippen LogP contribution < -0.4 is 9.47 Å². The lowest BCUT2D eigenvalue weighted by atomic mass is 9.98. The molecule has 140 valence electrons. The van der Waals surface area contributed by atoms with E-state index in [0.29, 0.717) is 30.4 Å². The summed E-state index contributed by atoms with van der Waals surface area (Å²) in [6.07, 6.45) is 2.74. The number of fused-ring (bicyclic) bond motifs is 2. The predicted octanol–water partition coefficient (Wildman–Crippen LogP) is 3.90. The van der Waals surface area contributed by atoms with Crippen LogP contribution in [-0.4, -0.2) is 36.1 Å². The Morgan fingerprint density at radius 2 is 1.81 bits per heavy atom. The van der Waals surface area contributed by atoms with Crippen LogP contribution in [0.25, 0.3) is 10.9 Å². The van der Waals surface area contributed by atoms with Crippen LogP contribution in [0.4, 0.5) is 0 Å². The summed E-state index contributed by atoms with van der Waals surface area (Å²) in [4.78, 5) is 14.8. The van der Waals surface area contributed by atoms with Crippen molar-refractivity contribution in [2.45, 2.75) is 19.5 Å². The highest BCUT2D eigenvalue weighted by atomic mass is 35.5. The molecule has 2 heterocycles. The molecule has 0 radical (unpaired) electrons. The first-order valence-corrected chi connectivity index (χ1v) is 9.23. The molecule has 0 bridgehead atoms. The van der Waals surface area contributed by atoms with Gasteiger partial charge in [0.25, 0.3) is 0 Å². The molecule has 0 aliphatic carbocycles. The molecule has 27 heavy (non-hydrogen) atoms. The SMILES string of the molecule is COc1cc2c(cc1OC)CN(C(=O)Cn1ccc3cc(Cl)ccc31)CC2. The zero-order valence-corrected chi connectivity index (χ0v) is 16.1. The summed E-state index contributed by atoms with van der Waals surface area (Å²) < 4.78 is 12.7. The van der Waals surface area contributed by atoms with E-state index in [0.717, 1.165) is 28.6 Å². The molecule has 5 nitrogen and oxygen atoms in total. The minimum atomic E-state index is 0.0999. The molecule has 6 heteroatoms. The first-order valence-electron chi connectivity index (χ1n) is 8.85. The molecule has 0 saturated heterocycles. The number of aromatic nitrogens is 1. The number of ether oxygens (including phenoxy) is 2. The molecule has 4 rings (SSSR count). The predicted molar refractivity (Wildman–Crippen MR) is 106 cm³/mol. The van der Waals surface area contributed by atoms with Gasteiger partial charge in [-0.15, -0.1) is 0 Å². The Hall–Kier alpha value is -2.66. The lowest BCUT2D eigenvalue weighted by molar-refractivity contribution is -0.132. The summed E-state index contributed by atoms with van der Waals surface area (Å²) in [5.74, 6) is 1.52. The number of hydrogen-bond acceptors (Lipinski definition) is 3. The van der Waals surface area contributed by atoms with Crippen molar-refractivity contribution in [3.05, 3.63) is 58.7 Å². The minimum absolute atomic E-state index is 0.0999. The normalized spacial score (nSPS) is 13.5. The summed E-state index contributed by atoms with van der Waals surface area (Å²) >= 11 is 6.05. The first kappa shape index (κ1) is 17.7. The second-order valence-corrected chi connectivity index (χ2v) is 7.12. The molecular weight excluding hydrogens is 364 g/mol. The number of amides is 1. The summed E-state index contributed by atoms with van der Waals surface area (Å²) in [6.45, 7) is 1.60. The zero-order chi connectivity index (χ0) is 19.0. The fourth-order valence-corrected chi connectivity index (χ4v) is 3.83. The third-order valence-corrected chi connectivity index (χ3v) is 5.34. The Labute approximate surface area is 163 Å². The van der Waals surface area contributed by atoms with E-state index >= 15 is 0 Å². The zero-order valence-electron chi connectivity index (χ0n) is 15.4. The van der Waals surface area contributed by atoms with Crippen molar-refractivity contribution in [1.29, 1.82) is 0 Å². The highest BCUT2D eigenvalue weighted by Gasteiger charge is 2.23. The van der Waals surface area contributed by atoms with Gasteiger partial charge in [0.05, 0.1) is 14.2 Å². The molecule has 0 spiro atoms. The molecule has 2 aromatic carbocycles. The van der Waals surface area contributed by atoms with E-state index in [9.17, 15) is 4.79 Å². The maximum atomic E-state index is 12.9. The molecular formula is C21H21ClN2O3. The average Bonchev–Trinajstić information content (AvgIpc) is 3.07. The molecule has 1 aromatic heterocycles. The number of halogens is 1. The van der Waals surface area contributed by atoms with Crippen molar-refractivity contribution in [1.82, 2.24) is 9.47 Å². The number of nitrogens with zero attached hydrogens (tertiary/aromatic N) is 2. The molecule has 0 atom stereocenters. The van der Waals surface area contributed by atoms with E-state index in [1.54, 1.807) is 14.2 Å². The smallest absolute Gasteiger partial charge is 0.242 e. The molecule has 1 aliphatic heterocycles. The van der Waals surface area contributed by atoms with Crippen LogP contribution in [-0.2, 0) is 24.3 Å². The summed E-state index contributed by atoms with van der Waals surface area (Å²) in [7, 11) is 3.26. The van der Waals surface area contributed by atoms with Gasteiger partial charge in [0, 0.05) is 35.2 Å². The van der Waals surface area contributed by atoms with Crippen molar-refractivity contribution in [2.75, 3.05) is 20.8 Å². The van der Waals surface area contributed by atoms with E-state index in [1.165, 1.54) is 5.56 Å². The second kappa shape index (κ2) is 7.16. The van der Waals surface area contributed by atoms with Crippen molar-refractivity contribution in [3.63, 3.8) is 0 Å². The number of methoxy groups -OCH3 is 2. The lowest BCUT2D eigenvalue weighted by Crippen LogP contribution is -2.37. The number of benzene rings is 2. The Morgan fingerprint density at radius 1 is 1.07 bits per heavy atom. The van der Waals surface area contributed by atoms with Crippen molar-refractivity contribution >= 4 is 28.4 Å². The van der Waals surface area contributed by atoms with Gasteiger partial charge >= 0.3 is 0 Å². The number of carbonyl (C=O) groups excluding carboxylic acids is 1. The van der Waals surface area contributed by atoms with Crippen LogP contribution in [0.15, 0.2) is 42.6 Å². The maximum Gasteiger partial charge on any atom is 0.242 e. The van der Waals surface area contributed by atoms with Gasteiger partial charge in [-0.25, -0.2) is 0 Å². The Kier molecular flexibility index (Phi) is 4.70.